The van der Waals surface area contributed by atoms with E-state index >= 15 is 0 Å². The average molecular weight is 160 g/mol. The number of carbonyl (C=O) groups excluding carboxylic acids is 1. The van der Waals surface area contributed by atoms with Crippen molar-refractivity contribution in [3.05, 3.63) is 0 Å². The maximum absolute atomic E-state index is 10.8. The maximum atomic E-state index is 10.8. The molecule has 0 aromatic heterocycles. The highest BCUT2D eigenvalue weighted by Crippen LogP contribution is 2.19. The molecule has 1 aliphatic heterocycles. The van der Waals surface area contributed by atoms with Gasteiger partial charge in [0.05, 0.1) is 12.5 Å². The highest BCUT2D eigenvalue weighted by molar-refractivity contribution is 7.98. The highest BCUT2D eigenvalue weighted by atomic mass is 32.2. The normalized spacial score (nSPS) is 24.9. The third-order valence-corrected chi connectivity index (χ3v) is 2.36. The number of hydrogen-bond acceptors (Lipinski definition) is 3. The molecule has 0 aliphatic carbocycles. The third kappa shape index (κ3) is 1.90. The minimum Gasteiger partial charge on any atom is -0.465 e. The summed E-state index contributed by atoms with van der Waals surface area (Å²) in [6.45, 7) is 0.637. The van der Waals surface area contributed by atoms with Crippen LogP contribution >= 0.6 is 11.8 Å². The predicted octanol–water partition coefficient (Wildman–Crippen LogP) is 1.30. The van der Waals surface area contributed by atoms with Crippen LogP contribution in [0.25, 0.3) is 0 Å². The van der Waals surface area contributed by atoms with Gasteiger partial charge in [0.2, 0.25) is 0 Å². The summed E-state index contributed by atoms with van der Waals surface area (Å²) in [5.74, 6) is 1.28. The van der Waals surface area contributed by atoms with E-state index in [1.54, 1.807) is 11.8 Å². The van der Waals surface area contributed by atoms with E-state index in [1.165, 1.54) is 0 Å². The summed E-state index contributed by atoms with van der Waals surface area (Å²) in [5, 5.41) is 0. The first-order chi connectivity index (χ1) is 4.84. The minimum absolute atomic E-state index is 0.00838. The number of carbonyl (C=O) groups is 1. The van der Waals surface area contributed by atoms with Crippen LogP contribution in [0.2, 0.25) is 0 Å². The van der Waals surface area contributed by atoms with Gasteiger partial charge < -0.3 is 4.74 Å². The standard InChI is InChI=1S/C7H12O2S/c1-10-5-3-6-2-4-9-7(6)8/h6H,2-5H2,1H3. The van der Waals surface area contributed by atoms with E-state index in [0.717, 1.165) is 18.6 Å². The second kappa shape index (κ2) is 3.86. The van der Waals surface area contributed by atoms with Crippen molar-refractivity contribution in [1.82, 2.24) is 0 Å². The SMILES string of the molecule is CSCCC1CCOC1=O. The van der Waals surface area contributed by atoms with E-state index < -0.39 is 0 Å². The molecular formula is C7H12O2S. The Morgan fingerprint density at radius 3 is 3.10 bits per heavy atom. The number of cyclic esters (lactones) is 1. The van der Waals surface area contributed by atoms with Crippen LogP contribution in [0.15, 0.2) is 0 Å². The molecule has 10 heavy (non-hydrogen) atoms. The van der Waals surface area contributed by atoms with Gasteiger partial charge in [0.15, 0.2) is 0 Å². The molecule has 1 rings (SSSR count). The Balaban J connectivity index is 2.20. The lowest BCUT2D eigenvalue weighted by Gasteiger charge is -2.01. The number of ether oxygens (including phenoxy) is 1. The van der Waals surface area contributed by atoms with Gasteiger partial charge in [-0.2, -0.15) is 11.8 Å². The van der Waals surface area contributed by atoms with E-state index in [0.29, 0.717) is 6.61 Å². The zero-order chi connectivity index (χ0) is 7.40. The molecule has 0 bridgehead atoms. The minimum atomic E-state index is 0.00838. The summed E-state index contributed by atoms with van der Waals surface area (Å²) in [6.07, 6.45) is 3.97. The van der Waals surface area contributed by atoms with Gasteiger partial charge in [0.25, 0.3) is 0 Å². The topological polar surface area (TPSA) is 26.3 Å². The molecule has 0 aromatic carbocycles. The molecule has 1 aliphatic rings. The smallest absolute Gasteiger partial charge is 0.309 e. The van der Waals surface area contributed by atoms with Gasteiger partial charge in [-0.15, -0.1) is 0 Å². The largest absolute Gasteiger partial charge is 0.465 e. The molecule has 0 amide bonds. The molecular weight excluding hydrogens is 148 g/mol. The van der Waals surface area contributed by atoms with Crippen molar-refractivity contribution >= 4 is 17.7 Å². The molecule has 0 N–H and O–H groups in total. The van der Waals surface area contributed by atoms with Gasteiger partial charge in [-0.1, -0.05) is 0 Å². The van der Waals surface area contributed by atoms with Crippen molar-refractivity contribution in [2.75, 3.05) is 18.6 Å². The second-order valence-electron chi connectivity index (χ2n) is 2.43. The summed E-state index contributed by atoms with van der Waals surface area (Å²) in [7, 11) is 0. The molecule has 1 saturated heterocycles. The first kappa shape index (κ1) is 7.92. The van der Waals surface area contributed by atoms with Gasteiger partial charge >= 0.3 is 5.97 Å². The summed E-state index contributed by atoms with van der Waals surface area (Å²) >= 11 is 1.78. The van der Waals surface area contributed by atoms with Gasteiger partial charge in [0.1, 0.15) is 0 Å². The summed E-state index contributed by atoms with van der Waals surface area (Å²) in [6, 6.07) is 0. The van der Waals surface area contributed by atoms with Crippen LogP contribution < -0.4 is 0 Å². The zero-order valence-electron chi connectivity index (χ0n) is 6.13. The Hall–Kier alpha value is -0.180. The summed E-state index contributed by atoms with van der Waals surface area (Å²) < 4.78 is 4.81. The van der Waals surface area contributed by atoms with E-state index in [2.05, 4.69) is 6.26 Å². The van der Waals surface area contributed by atoms with Crippen LogP contribution in [0.5, 0.6) is 0 Å². The van der Waals surface area contributed by atoms with Crippen LogP contribution in [0.4, 0.5) is 0 Å². The van der Waals surface area contributed by atoms with Gasteiger partial charge in [0, 0.05) is 0 Å². The van der Waals surface area contributed by atoms with E-state index in [9.17, 15) is 4.79 Å². The average Bonchev–Trinajstić information content (AvgIpc) is 2.31. The lowest BCUT2D eigenvalue weighted by Crippen LogP contribution is -2.07. The van der Waals surface area contributed by atoms with Crippen LogP contribution in [-0.2, 0) is 9.53 Å². The van der Waals surface area contributed by atoms with Gasteiger partial charge in [-0.25, -0.2) is 0 Å². The maximum Gasteiger partial charge on any atom is 0.309 e. The quantitative estimate of drug-likeness (QED) is 0.582. The molecule has 1 unspecified atom stereocenters. The molecule has 2 nitrogen and oxygen atoms in total. The van der Waals surface area contributed by atoms with Crippen LogP contribution in [0.3, 0.4) is 0 Å². The van der Waals surface area contributed by atoms with Crippen molar-refractivity contribution in [3.63, 3.8) is 0 Å². The first-order valence-electron chi connectivity index (χ1n) is 3.50. The lowest BCUT2D eigenvalue weighted by molar-refractivity contribution is -0.141. The molecule has 0 saturated carbocycles. The van der Waals surface area contributed by atoms with Gasteiger partial charge in [-0.3, -0.25) is 4.79 Å². The molecule has 0 spiro atoms. The predicted molar refractivity (Wildman–Crippen MR) is 42.1 cm³/mol. The third-order valence-electron chi connectivity index (χ3n) is 1.71. The van der Waals surface area contributed by atoms with E-state index in [-0.39, 0.29) is 11.9 Å². The lowest BCUT2D eigenvalue weighted by atomic mass is 10.1. The van der Waals surface area contributed by atoms with Crippen molar-refractivity contribution in [2.45, 2.75) is 12.8 Å². The van der Waals surface area contributed by atoms with Crippen molar-refractivity contribution in [3.8, 4) is 0 Å². The van der Waals surface area contributed by atoms with E-state index in [4.69, 9.17) is 4.74 Å². The molecule has 3 heteroatoms. The number of rotatable bonds is 3. The van der Waals surface area contributed by atoms with Crippen molar-refractivity contribution in [2.24, 2.45) is 5.92 Å². The summed E-state index contributed by atoms with van der Waals surface area (Å²) in [4.78, 5) is 10.8. The number of thioether (sulfide) groups is 1. The number of esters is 1. The van der Waals surface area contributed by atoms with Crippen LogP contribution in [0, 0.1) is 5.92 Å². The van der Waals surface area contributed by atoms with E-state index in [1.807, 2.05) is 0 Å². The second-order valence-corrected chi connectivity index (χ2v) is 3.42. The Labute approximate surface area is 65.3 Å². The molecule has 58 valence electrons. The molecule has 1 fully saturated rings. The van der Waals surface area contributed by atoms with Crippen LogP contribution in [-0.4, -0.2) is 24.6 Å². The zero-order valence-corrected chi connectivity index (χ0v) is 6.95. The fourth-order valence-corrected chi connectivity index (χ4v) is 1.58. The first-order valence-corrected chi connectivity index (χ1v) is 4.89. The molecule has 0 aromatic rings. The number of hydrogen-bond donors (Lipinski definition) is 0. The fraction of sp³-hybridized carbons (Fsp3) is 0.857. The monoisotopic (exact) mass is 160 g/mol. The Bertz CT molecular complexity index is 125. The van der Waals surface area contributed by atoms with Crippen LogP contribution in [0.1, 0.15) is 12.8 Å². The van der Waals surface area contributed by atoms with Crippen molar-refractivity contribution < 1.29 is 9.53 Å². The summed E-state index contributed by atoms with van der Waals surface area (Å²) in [5.41, 5.74) is 0. The molecule has 0 radical (unpaired) electrons. The Kier molecular flexibility index (Phi) is 3.06. The van der Waals surface area contributed by atoms with Gasteiger partial charge in [-0.05, 0) is 24.9 Å². The van der Waals surface area contributed by atoms with Crippen molar-refractivity contribution in [1.29, 1.82) is 0 Å². The highest BCUT2D eigenvalue weighted by Gasteiger charge is 2.25. The Morgan fingerprint density at radius 2 is 2.60 bits per heavy atom. The Morgan fingerprint density at radius 1 is 1.80 bits per heavy atom. The fourth-order valence-electron chi connectivity index (χ4n) is 1.06. The molecule has 1 atom stereocenters. The molecule has 1 heterocycles.